The quantitative estimate of drug-likeness (QED) is 0.207. The largest absolute Gasteiger partial charge is 0.277 e. The molecule has 10 aromatic rings. The molecule has 0 bridgehead atoms. The second-order valence-electron chi connectivity index (χ2n) is 11.7. The Hall–Kier alpha value is -6.33. The normalized spacial score (nSPS) is 11.9. The minimum absolute atomic E-state index is 0.626. The van der Waals surface area contributed by atoms with Crippen LogP contribution in [0.5, 0.6) is 0 Å². The maximum atomic E-state index is 5.35. The Labute approximate surface area is 263 Å². The summed E-state index contributed by atoms with van der Waals surface area (Å²) in [7, 11) is 0. The number of rotatable bonds is 3. The standard InChI is InChI=1S/C41H25N5/c1-3-13-26(14-4-1)28-23-24-29-32(25-28)37-31-18-8-11-21-35(31)46(40(37)45-36-22-12-10-20-34(36)42-39(29)45)41-43-33-19-9-7-17-30(33)38(44-41)27-15-5-2-6-16-27/h1-25H. The molecule has 4 aromatic heterocycles. The Bertz CT molecular complexity index is 2790. The van der Waals surface area contributed by atoms with Gasteiger partial charge in [0, 0.05) is 27.1 Å². The molecule has 5 nitrogen and oxygen atoms in total. The Morgan fingerprint density at radius 2 is 1.07 bits per heavy atom. The van der Waals surface area contributed by atoms with E-state index in [0.717, 1.165) is 71.5 Å². The van der Waals surface area contributed by atoms with Gasteiger partial charge in [-0.1, -0.05) is 115 Å². The summed E-state index contributed by atoms with van der Waals surface area (Å²) in [6.45, 7) is 0. The van der Waals surface area contributed by atoms with Crippen molar-refractivity contribution < 1.29 is 0 Å². The van der Waals surface area contributed by atoms with Gasteiger partial charge in [-0.2, -0.15) is 0 Å². The molecule has 0 fully saturated rings. The van der Waals surface area contributed by atoms with Crippen molar-refractivity contribution >= 4 is 60.3 Å². The van der Waals surface area contributed by atoms with Crippen LogP contribution in [0.3, 0.4) is 0 Å². The fraction of sp³-hybridized carbons (Fsp3) is 0. The molecule has 0 saturated heterocycles. The highest BCUT2D eigenvalue weighted by molar-refractivity contribution is 6.24. The molecule has 0 spiro atoms. The molecule has 0 amide bonds. The van der Waals surface area contributed by atoms with E-state index in [-0.39, 0.29) is 0 Å². The summed E-state index contributed by atoms with van der Waals surface area (Å²) in [6, 6.07) is 53.0. The fourth-order valence-electron chi connectivity index (χ4n) is 7.06. The molecule has 0 aliphatic carbocycles. The SMILES string of the molecule is c1ccc(-c2ccc3c(c2)c2c4ccccc4n(-c4nc(-c5ccccc5)c5ccccc5n4)c2n2c4ccccc4nc32)cc1. The van der Waals surface area contributed by atoms with Crippen LogP contribution in [0.1, 0.15) is 0 Å². The van der Waals surface area contributed by atoms with Gasteiger partial charge in [-0.15, -0.1) is 0 Å². The van der Waals surface area contributed by atoms with Crippen LogP contribution in [0.15, 0.2) is 152 Å². The first kappa shape index (κ1) is 25.0. The van der Waals surface area contributed by atoms with Gasteiger partial charge < -0.3 is 0 Å². The summed E-state index contributed by atoms with van der Waals surface area (Å²) in [5, 5.41) is 5.57. The number of nitrogens with zero attached hydrogens (tertiary/aromatic N) is 5. The first-order chi connectivity index (χ1) is 22.8. The van der Waals surface area contributed by atoms with Crippen LogP contribution in [-0.2, 0) is 0 Å². The molecule has 0 aliphatic heterocycles. The molecule has 0 radical (unpaired) electrons. The van der Waals surface area contributed by atoms with Crippen LogP contribution in [-0.4, -0.2) is 23.9 Å². The van der Waals surface area contributed by atoms with Crippen LogP contribution in [0, 0.1) is 0 Å². The number of fused-ring (bicyclic) bond motifs is 11. The van der Waals surface area contributed by atoms with Crippen molar-refractivity contribution in [2.75, 3.05) is 0 Å². The van der Waals surface area contributed by atoms with Crippen molar-refractivity contribution in [3.63, 3.8) is 0 Å². The van der Waals surface area contributed by atoms with Crippen LogP contribution in [0.2, 0.25) is 0 Å². The molecule has 0 N–H and O–H groups in total. The summed E-state index contributed by atoms with van der Waals surface area (Å²) in [4.78, 5) is 15.8. The second kappa shape index (κ2) is 9.58. The predicted octanol–water partition coefficient (Wildman–Crippen LogP) is 10.0. The van der Waals surface area contributed by atoms with Crippen LogP contribution in [0.25, 0.3) is 88.6 Å². The minimum atomic E-state index is 0.626. The van der Waals surface area contributed by atoms with E-state index in [2.05, 4.69) is 148 Å². The summed E-state index contributed by atoms with van der Waals surface area (Å²) < 4.78 is 4.54. The zero-order chi connectivity index (χ0) is 30.2. The predicted molar refractivity (Wildman–Crippen MR) is 189 cm³/mol. The lowest BCUT2D eigenvalue weighted by Crippen LogP contribution is -2.06. The van der Waals surface area contributed by atoms with E-state index in [9.17, 15) is 0 Å². The Kier molecular flexibility index (Phi) is 5.22. The highest BCUT2D eigenvalue weighted by Crippen LogP contribution is 2.41. The average Bonchev–Trinajstić information content (AvgIpc) is 3.68. The number of aromatic nitrogens is 5. The summed E-state index contributed by atoms with van der Waals surface area (Å²) in [5.74, 6) is 0.626. The molecule has 5 heteroatoms. The molecule has 46 heavy (non-hydrogen) atoms. The van der Waals surface area contributed by atoms with E-state index in [1.807, 2.05) is 12.1 Å². The van der Waals surface area contributed by atoms with Gasteiger partial charge in [0.05, 0.1) is 27.8 Å². The lowest BCUT2D eigenvalue weighted by molar-refractivity contribution is 0.991. The summed E-state index contributed by atoms with van der Waals surface area (Å²) >= 11 is 0. The maximum absolute atomic E-state index is 5.35. The van der Waals surface area contributed by atoms with Gasteiger partial charge in [-0.05, 0) is 52.9 Å². The zero-order valence-corrected chi connectivity index (χ0v) is 24.7. The van der Waals surface area contributed by atoms with Crippen LogP contribution >= 0.6 is 0 Å². The Morgan fingerprint density at radius 1 is 0.413 bits per heavy atom. The highest BCUT2D eigenvalue weighted by Gasteiger charge is 2.24. The minimum Gasteiger partial charge on any atom is -0.277 e. The van der Waals surface area contributed by atoms with Crippen molar-refractivity contribution in [3.8, 4) is 28.3 Å². The van der Waals surface area contributed by atoms with Crippen molar-refractivity contribution in [1.82, 2.24) is 23.9 Å². The number of benzene rings is 6. The molecule has 4 heterocycles. The van der Waals surface area contributed by atoms with Crippen LogP contribution in [0.4, 0.5) is 0 Å². The van der Waals surface area contributed by atoms with Crippen molar-refractivity contribution in [2.45, 2.75) is 0 Å². The average molecular weight is 588 g/mol. The van der Waals surface area contributed by atoms with Gasteiger partial charge >= 0.3 is 0 Å². The van der Waals surface area contributed by atoms with Gasteiger partial charge in [0.1, 0.15) is 11.3 Å². The fourth-order valence-corrected chi connectivity index (χ4v) is 7.06. The van der Waals surface area contributed by atoms with Crippen molar-refractivity contribution in [3.05, 3.63) is 152 Å². The van der Waals surface area contributed by atoms with Gasteiger partial charge in [0.2, 0.25) is 5.95 Å². The van der Waals surface area contributed by atoms with E-state index in [4.69, 9.17) is 15.0 Å². The third-order valence-corrected chi connectivity index (χ3v) is 9.10. The van der Waals surface area contributed by atoms with Gasteiger partial charge in [0.25, 0.3) is 0 Å². The molecule has 0 aliphatic rings. The molecule has 0 atom stereocenters. The summed E-state index contributed by atoms with van der Waals surface area (Å²) in [6.07, 6.45) is 0. The smallest absolute Gasteiger partial charge is 0.236 e. The third-order valence-electron chi connectivity index (χ3n) is 9.10. The van der Waals surface area contributed by atoms with Crippen LogP contribution < -0.4 is 0 Å². The number of para-hydroxylation sites is 4. The van der Waals surface area contributed by atoms with E-state index < -0.39 is 0 Å². The number of pyridine rings is 1. The zero-order valence-electron chi connectivity index (χ0n) is 24.7. The number of imidazole rings is 1. The molecular weight excluding hydrogens is 562 g/mol. The monoisotopic (exact) mass is 587 g/mol. The molecule has 0 unspecified atom stereocenters. The van der Waals surface area contributed by atoms with Crippen molar-refractivity contribution in [1.29, 1.82) is 0 Å². The molecular formula is C41H25N5. The van der Waals surface area contributed by atoms with Gasteiger partial charge in [-0.25, -0.2) is 15.0 Å². The highest BCUT2D eigenvalue weighted by atomic mass is 15.2. The number of hydrogen-bond acceptors (Lipinski definition) is 3. The van der Waals surface area contributed by atoms with E-state index in [1.165, 1.54) is 11.1 Å². The summed E-state index contributed by atoms with van der Waals surface area (Å²) in [5.41, 5.74) is 10.2. The molecule has 10 rings (SSSR count). The lowest BCUT2D eigenvalue weighted by atomic mass is 9.99. The maximum Gasteiger partial charge on any atom is 0.236 e. The topological polar surface area (TPSA) is 48.0 Å². The lowest BCUT2D eigenvalue weighted by Gasteiger charge is -2.13. The van der Waals surface area contributed by atoms with Crippen molar-refractivity contribution in [2.24, 2.45) is 0 Å². The van der Waals surface area contributed by atoms with E-state index >= 15 is 0 Å². The Morgan fingerprint density at radius 3 is 1.87 bits per heavy atom. The first-order valence-corrected chi connectivity index (χ1v) is 15.5. The Balaban J connectivity index is 1.44. The van der Waals surface area contributed by atoms with Gasteiger partial charge in [-0.3, -0.25) is 8.97 Å². The van der Waals surface area contributed by atoms with E-state index in [1.54, 1.807) is 0 Å². The molecule has 214 valence electrons. The van der Waals surface area contributed by atoms with Gasteiger partial charge in [0.15, 0.2) is 0 Å². The first-order valence-electron chi connectivity index (χ1n) is 15.5. The number of hydrogen-bond donors (Lipinski definition) is 0. The molecule has 6 aromatic carbocycles. The molecule has 0 saturated carbocycles. The second-order valence-corrected chi connectivity index (χ2v) is 11.7. The van der Waals surface area contributed by atoms with E-state index in [0.29, 0.717) is 5.95 Å². The third kappa shape index (κ3) is 3.54.